The molecule has 0 fully saturated rings. The van der Waals surface area contributed by atoms with Crippen LogP contribution < -0.4 is 0 Å². The predicted octanol–water partition coefficient (Wildman–Crippen LogP) is -0.729. The first kappa shape index (κ1) is 11.3. The van der Waals surface area contributed by atoms with Crippen molar-refractivity contribution in [3.63, 3.8) is 0 Å². The van der Waals surface area contributed by atoms with Crippen LogP contribution in [0, 0.1) is 0 Å². The molecule has 0 aromatic carbocycles. The van der Waals surface area contributed by atoms with Gasteiger partial charge in [-0.3, -0.25) is 0 Å². The molecule has 0 radical (unpaired) electrons. The van der Waals surface area contributed by atoms with Crippen molar-refractivity contribution in [3.8, 4) is 0 Å². The van der Waals surface area contributed by atoms with Gasteiger partial charge in [0.2, 0.25) is 0 Å². The van der Waals surface area contributed by atoms with Crippen molar-refractivity contribution in [3.05, 3.63) is 0 Å². The normalized spacial score (nSPS) is 8.43. The van der Waals surface area contributed by atoms with Gasteiger partial charge in [-0.2, -0.15) is 0 Å². The van der Waals surface area contributed by atoms with Crippen molar-refractivity contribution in [2.75, 3.05) is 14.2 Å². The second-order valence-corrected chi connectivity index (χ2v) is 3.42. The molecule has 0 bridgehead atoms. The first-order chi connectivity index (χ1) is 2.81. The van der Waals surface area contributed by atoms with E-state index in [0.29, 0.717) is 0 Å². The number of hydrogen-bond donors (Lipinski definition) is 0. The van der Waals surface area contributed by atoms with Crippen LogP contribution in [0.25, 0.3) is 0 Å². The maximum absolute atomic E-state index is 9.99. The fraction of sp³-hybridized carbons (Fsp3) is 1.00. The summed E-state index contributed by atoms with van der Waals surface area (Å²) in [4.78, 5) is 0. The minimum Gasteiger partial charge on any atom is -1.00 e. The quantitative estimate of drug-likeness (QED) is 0.546. The van der Waals surface area contributed by atoms with Crippen LogP contribution in [-0.4, -0.2) is 67.2 Å². The van der Waals surface area contributed by atoms with Gasteiger partial charge >= 0.3 is 78.4 Å². The van der Waals surface area contributed by atoms with E-state index in [0.717, 1.165) is 0 Å². The van der Waals surface area contributed by atoms with E-state index in [1.54, 1.807) is 0 Å². The molecule has 0 atom stereocenters. The van der Waals surface area contributed by atoms with Gasteiger partial charge in [0.25, 0.3) is 0 Å². The van der Waals surface area contributed by atoms with Crippen LogP contribution in [0.4, 0.5) is 0 Å². The van der Waals surface area contributed by atoms with Gasteiger partial charge in [0.15, 0.2) is 0 Å². The molecule has 0 amide bonds. The number of rotatable bonds is 2. The Morgan fingerprint density at radius 2 is 1.71 bits per heavy atom. The average Bonchev–Trinajstić information content (AvgIpc) is 1.65. The Morgan fingerprint density at radius 3 is 1.71 bits per heavy atom. The Labute approximate surface area is 80.5 Å². The summed E-state index contributed by atoms with van der Waals surface area (Å²) in [5.41, 5.74) is 0. The smallest absolute Gasteiger partial charge is 1.00 e. The predicted molar refractivity (Wildman–Crippen MR) is 29.8 cm³/mol. The molecule has 0 aliphatic heterocycles. The van der Waals surface area contributed by atoms with Gasteiger partial charge in [0, 0.05) is 0 Å². The van der Waals surface area contributed by atoms with Crippen molar-refractivity contribution in [1.82, 2.24) is 0 Å². The van der Waals surface area contributed by atoms with Gasteiger partial charge in [-0.1, -0.05) is 0 Å². The van der Waals surface area contributed by atoms with Crippen LogP contribution in [0.5, 0.6) is 0 Å². The van der Waals surface area contributed by atoms with Gasteiger partial charge in [-0.15, -0.1) is 0 Å². The standard InChI is InChI=1S/C2H7AsO3.Ca.2H/c1-5-3(4)6-2;;;/h3H,1-2H3;;;/q;+2;2*-1. The average molecular weight is 196 g/mol. The van der Waals surface area contributed by atoms with Crippen LogP contribution in [-0.2, 0) is 11.2 Å². The zero-order valence-corrected chi connectivity index (χ0v) is 8.74. The van der Waals surface area contributed by atoms with E-state index in [1.165, 1.54) is 14.2 Å². The zero-order chi connectivity index (χ0) is 4.99. The molecule has 0 heterocycles. The Kier molecular flexibility index (Phi) is 12.2. The fourth-order valence-electron chi connectivity index (χ4n) is 0.0833. The summed E-state index contributed by atoms with van der Waals surface area (Å²) in [6.07, 6.45) is 0. The molecule has 0 saturated carbocycles. The van der Waals surface area contributed by atoms with E-state index in [2.05, 4.69) is 7.45 Å². The third kappa shape index (κ3) is 7.54. The SMILES string of the molecule is CO[AsH](=O)OC.[Ca+2].[H-].[H-]. The second-order valence-electron chi connectivity index (χ2n) is 0.658. The molecular weight excluding hydrogens is 187 g/mol. The summed E-state index contributed by atoms with van der Waals surface area (Å²) in [5, 5.41) is 0. The molecule has 0 aliphatic carbocycles. The summed E-state index contributed by atoms with van der Waals surface area (Å²) < 4.78 is 18.6. The van der Waals surface area contributed by atoms with Crippen molar-refractivity contribution >= 4 is 53.0 Å². The van der Waals surface area contributed by atoms with Gasteiger partial charge in [0.05, 0.1) is 0 Å². The van der Waals surface area contributed by atoms with Crippen LogP contribution in [0.1, 0.15) is 2.85 Å². The van der Waals surface area contributed by atoms with E-state index >= 15 is 0 Å². The van der Waals surface area contributed by atoms with Crippen LogP contribution in [0.3, 0.4) is 0 Å². The molecule has 0 aromatic heterocycles. The third-order valence-corrected chi connectivity index (χ3v) is 1.73. The Bertz CT molecular complexity index is 57.8. The maximum Gasteiger partial charge on any atom is 2.00 e. The molecule has 0 unspecified atom stereocenters. The Balaban J connectivity index is -0.0000000417. The van der Waals surface area contributed by atoms with Crippen molar-refractivity contribution < 1.29 is 14.0 Å². The topological polar surface area (TPSA) is 35.5 Å². The van der Waals surface area contributed by atoms with Crippen LogP contribution >= 0.6 is 0 Å². The minimum atomic E-state index is -2.63. The largest absolute Gasteiger partial charge is 2.00 e. The molecular formula is C2H9AsCaO3. The van der Waals surface area contributed by atoms with Gasteiger partial charge < -0.3 is 2.85 Å². The second kappa shape index (κ2) is 7.54. The number of hydrogen-bond acceptors (Lipinski definition) is 3. The Hall–Kier alpha value is 1.54. The molecule has 0 aliphatic rings. The molecule has 0 rings (SSSR count). The van der Waals surface area contributed by atoms with Gasteiger partial charge in [-0.05, 0) is 0 Å². The summed E-state index contributed by atoms with van der Waals surface area (Å²) in [6.45, 7) is 0. The minimum absolute atomic E-state index is 0. The van der Waals surface area contributed by atoms with Crippen LogP contribution in [0.2, 0.25) is 0 Å². The van der Waals surface area contributed by atoms with Gasteiger partial charge in [-0.25, -0.2) is 0 Å². The zero-order valence-electron chi connectivity index (χ0n) is 6.43. The van der Waals surface area contributed by atoms with Crippen LogP contribution in [0.15, 0.2) is 0 Å². The van der Waals surface area contributed by atoms with E-state index in [-0.39, 0.29) is 40.6 Å². The molecule has 0 saturated heterocycles. The Morgan fingerprint density at radius 1 is 1.43 bits per heavy atom. The molecule has 42 valence electrons. The third-order valence-electron chi connectivity index (χ3n) is 0.333. The molecule has 0 spiro atoms. The molecule has 5 heteroatoms. The molecule has 7 heavy (non-hydrogen) atoms. The summed E-state index contributed by atoms with van der Waals surface area (Å²) in [7, 11) is 2.73. The first-order valence-corrected chi connectivity index (χ1v) is 4.00. The van der Waals surface area contributed by atoms with Crippen molar-refractivity contribution in [2.45, 2.75) is 0 Å². The molecule has 3 nitrogen and oxygen atoms in total. The van der Waals surface area contributed by atoms with E-state index in [9.17, 15) is 3.74 Å². The van der Waals surface area contributed by atoms with E-state index in [4.69, 9.17) is 0 Å². The monoisotopic (exact) mass is 196 g/mol. The van der Waals surface area contributed by atoms with Crippen molar-refractivity contribution in [2.24, 2.45) is 0 Å². The van der Waals surface area contributed by atoms with Gasteiger partial charge in [0.1, 0.15) is 0 Å². The first-order valence-electron chi connectivity index (χ1n) is 1.43. The molecule has 0 aromatic rings. The van der Waals surface area contributed by atoms with Crippen molar-refractivity contribution in [1.29, 1.82) is 0 Å². The fourth-order valence-corrected chi connectivity index (χ4v) is 0.433. The molecule has 0 N–H and O–H groups in total. The van der Waals surface area contributed by atoms with E-state index < -0.39 is 15.3 Å². The summed E-state index contributed by atoms with van der Waals surface area (Å²) in [6, 6.07) is 0. The summed E-state index contributed by atoms with van der Waals surface area (Å²) >= 11 is -2.63. The summed E-state index contributed by atoms with van der Waals surface area (Å²) in [5.74, 6) is 0. The van der Waals surface area contributed by atoms with E-state index in [1.807, 2.05) is 0 Å². The maximum atomic E-state index is 9.99.